The van der Waals surface area contributed by atoms with E-state index in [1.165, 1.54) is 5.39 Å². The second-order valence-corrected chi connectivity index (χ2v) is 9.88. The average molecular weight is 488 g/mol. The molecule has 0 saturated carbocycles. The van der Waals surface area contributed by atoms with Crippen molar-refractivity contribution in [1.82, 2.24) is 20.9 Å². The first-order valence-corrected chi connectivity index (χ1v) is 12.6. The van der Waals surface area contributed by atoms with Gasteiger partial charge in [0.15, 0.2) is 0 Å². The summed E-state index contributed by atoms with van der Waals surface area (Å²) in [6, 6.07) is 15.1. The summed E-state index contributed by atoms with van der Waals surface area (Å²) < 4.78 is 5.65. The predicted molar refractivity (Wildman–Crippen MR) is 140 cm³/mol. The summed E-state index contributed by atoms with van der Waals surface area (Å²) in [7, 11) is 1.69. The fourth-order valence-electron chi connectivity index (χ4n) is 5.40. The molecule has 1 aliphatic carbocycles. The van der Waals surface area contributed by atoms with E-state index in [1.807, 2.05) is 18.2 Å². The lowest BCUT2D eigenvalue weighted by Gasteiger charge is -2.20. The number of amides is 2. The van der Waals surface area contributed by atoms with Gasteiger partial charge < -0.3 is 26.4 Å². The van der Waals surface area contributed by atoms with Gasteiger partial charge in [-0.25, -0.2) is 4.98 Å². The molecule has 2 amide bonds. The topological polar surface area (TPSA) is 118 Å². The second-order valence-electron chi connectivity index (χ2n) is 9.88. The van der Waals surface area contributed by atoms with Crippen LogP contribution in [0.2, 0.25) is 0 Å². The first-order chi connectivity index (χ1) is 17.4. The van der Waals surface area contributed by atoms with Gasteiger partial charge in [-0.15, -0.1) is 0 Å². The molecule has 2 heterocycles. The van der Waals surface area contributed by atoms with E-state index in [0.29, 0.717) is 18.2 Å². The first-order valence-electron chi connectivity index (χ1n) is 12.6. The SMILES string of the molecule is COc1cc2ccccc2cc1C[C@@H]1CN[C@@H](C(=O)N[C@@H](C)C(=O)NC2CCc3nc(N)ccc32)C1. The van der Waals surface area contributed by atoms with Crippen LogP contribution in [0.15, 0.2) is 48.5 Å². The number of ether oxygens (including phenoxy) is 1. The van der Waals surface area contributed by atoms with E-state index in [0.717, 1.165) is 53.8 Å². The zero-order valence-corrected chi connectivity index (χ0v) is 20.7. The lowest BCUT2D eigenvalue weighted by Crippen LogP contribution is -2.50. The van der Waals surface area contributed by atoms with E-state index < -0.39 is 6.04 Å². The van der Waals surface area contributed by atoms with E-state index in [-0.39, 0.29) is 23.9 Å². The lowest BCUT2D eigenvalue weighted by atomic mass is 9.94. The van der Waals surface area contributed by atoms with Crippen molar-refractivity contribution in [2.45, 2.75) is 50.7 Å². The van der Waals surface area contributed by atoms with Gasteiger partial charge in [0.05, 0.1) is 19.2 Å². The van der Waals surface area contributed by atoms with Crippen LogP contribution in [0, 0.1) is 5.92 Å². The Bertz CT molecular complexity index is 1290. The number of nitrogens with one attached hydrogen (secondary N) is 3. The smallest absolute Gasteiger partial charge is 0.242 e. The van der Waals surface area contributed by atoms with Crippen LogP contribution in [0.25, 0.3) is 10.8 Å². The second kappa shape index (κ2) is 10.1. The fourth-order valence-corrected chi connectivity index (χ4v) is 5.40. The van der Waals surface area contributed by atoms with E-state index in [1.54, 1.807) is 20.1 Å². The molecule has 1 unspecified atom stereocenters. The number of fused-ring (bicyclic) bond motifs is 2. The highest BCUT2D eigenvalue weighted by molar-refractivity contribution is 5.90. The van der Waals surface area contributed by atoms with Crippen LogP contribution in [0.5, 0.6) is 5.75 Å². The molecule has 1 fully saturated rings. The number of benzene rings is 2. The Morgan fingerprint density at radius 3 is 2.75 bits per heavy atom. The fraction of sp³-hybridized carbons (Fsp3) is 0.393. The van der Waals surface area contributed by atoms with Crippen LogP contribution in [0.1, 0.15) is 42.6 Å². The van der Waals surface area contributed by atoms with Gasteiger partial charge in [-0.1, -0.05) is 30.3 Å². The van der Waals surface area contributed by atoms with Gasteiger partial charge in [0.2, 0.25) is 11.8 Å². The number of pyridine rings is 1. The third-order valence-electron chi connectivity index (χ3n) is 7.34. The number of anilines is 1. The van der Waals surface area contributed by atoms with Crippen LogP contribution in [0.3, 0.4) is 0 Å². The third-order valence-corrected chi connectivity index (χ3v) is 7.34. The molecule has 5 rings (SSSR count). The zero-order valence-electron chi connectivity index (χ0n) is 20.7. The van der Waals surface area contributed by atoms with Gasteiger partial charge >= 0.3 is 0 Å². The quantitative estimate of drug-likeness (QED) is 0.407. The van der Waals surface area contributed by atoms with Gasteiger partial charge in [0, 0.05) is 5.69 Å². The van der Waals surface area contributed by atoms with Gasteiger partial charge in [-0.05, 0) is 85.2 Å². The van der Waals surface area contributed by atoms with Crippen molar-refractivity contribution < 1.29 is 14.3 Å². The van der Waals surface area contributed by atoms with Crippen LogP contribution in [0.4, 0.5) is 5.82 Å². The van der Waals surface area contributed by atoms with E-state index in [4.69, 9.17) is 10.5 Å². The van der Waals surface area contributed by atoms with Crippen LogP contribution >= 0.6 is 0 Å². The molecule has 8 nitrogen and oxygen atoms in total. The Kier molecular flexibility index (Phi) is 6.78. The van der Waals surface area contributed by atoms with Gasteiger partial charge in [0.25, 0.3) is 0 Å². The Morgan fingerprint density at radius 1 is 1.19 bits per heavy atom. The van der Waals surface area contributed by atoms with Gasteiger partial charge in [-0.3, -0.25) is 9.59 Å². The maximum atomic E-state index is 12.9. The zero-order chi connectivity index (χ0) is 25.2. The number of carbonyl (C=O) groups excluding carboxylic acids is 2. The Balaban J connectivity index is 1.15. The molecule has 1 aromatic heterocycles. The summed E-state index contributed by atoms with van der Waals surface area (Å²) in [4.78, 5) is 30.1. The highest BCUT2D eigenvalue weighted by Crippen LogP contribution is 2.31. The van der Waals surface area contributed by atoms with Crippen LogP contribution < -0.4 is 26.4 Å². The third kappa shape index (κ3) is 4.99. The molecule has 36 heavy (non-hydrogen) atoms. The standard InChI is InChI=1S/C28H33N5O3/c1-16(27(34)33-23-9-8-22-21(23)7-10-26(29)32-22)31-28(35)24-12-17(15-30-24)11-20-13-18-5-3-4-6-19(18)14-25(20)36-2/h3-7,10,13-14,16-17,23-24,30H,8-9,11-12,15H2,1-2H3,(H2,29,32)(H,31,35)(H,33,34)/t16-,17-,23?,24+/m0/s1. The summed E-state index contributed by atoms with van der Waals surface area (Å²) >= 11 is 0. The minimum atomic E-state index is -0.635. The highest BCUT2D eigenvalue weighted by Gasteiger charge is 2.32. The molecular formula is C28H33N5O3. The summed E-state index contributed by atoms with van der Waals surface area (Å²) in [6.07, 6.45) is 3.09. The number of nitrogens with two attached hydrogens (primary N) is 1. The normalized spacial score (nSPS) is 21.7. The molecule has 1 aliphatic heterocycles. The molecular weight excluding hydrogens is 454 g/mol. The Hall–Kier alpha value is -3.65. The summed E-state index contributed by atoms with van der Waals surface area (Å²) in [5.41, 5.74) is 8.85. The van der Waals surface area contributed by atoms with Gasteiger partial charge in [0.1, 0.15) is 17.6 Å². The summed E-state index contributed by atoms with van der Waals surface area (Å²) in [5, 5.41) is 11.6. The number of methoxy groups -OCH3 is 1. The number of nitrogen functional groups attached to an aromatic ring is 1. The molecule has 188 valence electrons. The van der Waals surface area contributed by atoms with Crippen molar-refractivity contribution in [3.63, 3.8) is 0 Å². The van der Waals surface area contributed by atoms with Crippen molar-refractivity contribution in [2.24, 2.45) is 5.92 Å². The average Bonchev–Trinajstić information content (AvgIpc) is 3.50. The maximum Gasteiger partial charge on any atom is 0.242 e. The van der Waals surface area contributed by atoms with Crippen molar-refractivity contribution >= 4 is 28.4 Å². The lowest BCUT2D eigenvalue weighted by molar-refractivity contribution is -0.129. The van der Waals surface area contributed by atoms with E-state index >= 15 is 0 Å². The number of nitrogens with zero attached hydrogens (tertiary/aromatic N) is 1. The summed E-state index contributed by atoms with van der Waals surface area (Å²) in [6.45, 7) is 2.46. The van der Waals surface area contributed by atoms with Crippen molar-refractivity contribution in [2.75, 3.05) is 19.4 Å². The Morgan fingerprint density at radius 2 is 1.97 bits per heavy atom. The van der Waals surface area contributed by atoms with Crippen LogP contribution in [-0.4, -0.2) is 42.5 Å². The molecule has 0 radical (unpaired) electrons. The molecule has 2 aliphatic rings. The van der Waals surface area contributed by atoms with Crippen molar-refractivity contribution in [3.05, 3.63) is 65.4 Å². The summed E-state index contributed by atoms with van der Waals surface area (Å²) in [5.74, 6) is 1.32. The molecule has 8 heteroatoms. The number of hydrogen-bond donors (Lipinski definition) is 4. The van der Waals surface area contributed by atoms with Crippen molar-refractivity contribution in [3.8, 4) is 5.75 Å². The molecule has 4 atom stereocenters. The van der Waals surface area contributed by atoms with E-state index in [9.17, 15) is 9.59 Å². The van der Waals surface area contributed by atoms with Crippen molar-refractivity contribution in [1.29, 1.82) is 0 Å². The van der Waals surface area contributed by atoms with Gasteiger partial charge in [-0.2, -0.15) is 0 Å². The number of carbonyl (C=O) groups is 2. The molecule has 1 saturated heterocycles. The largest absolute Gasteiger partial charge is 0.496 e. The minimum absolute atomic E-state index is 0.106. The number of aromatic nitrogens is 1. The monoisotopic (exact) mass is 487 g/mol. The molecule has 2 aromatic carbocycles. The van der Waals surface area contributed by atoms with Crippen LogP contribution in [-0.2, 0) is 22.4 Å². The molecule has 0 bridgehead atoms. The van der Waals surface area contributed by atoms with E-state index in [2.05, 4.69) is 45.2 Å². The Labute approximate surface area is 211 Å². The number of hydrogen-bond acceptors (Lipinski definition) is 6. The number of aryl methyl sites for hydroxylation is 1. The predicted octanol–water partition coefficient (Wildman–Crippen LogP) is 2.65. The highest BCUT2D eigenvalue weighted by atomic mass is 16.5. The molecule has 5 N–H and O–H groups in total. The molecule has 0 spiro atoms. The molecule has 3 aromatic rings. The minimum Gasteiger partial charge on any atom is -0.496 e. The maximum absolute atomic E-state index is 12.9. The number of rotatable bonds is 7. The first kappa shape index (κ1) is 24.1.